The van der Waals surface area contributed by atoms with Gasteiger partial charge in [-0.3, -0.25) is 4.57 Å². The van der Waals surface area contributed by atoms with Crippen LogP contribution < -0.4 is 5.32 Å². The van der Waals surface area contributed by atoms with E-state index in [-0.39, 0.29) is 5.66 Å². The number of aromatic nitrogens is 4. The van der Waals surface area contributed by atoms with Crippen molar-refractivity contribution in [3.8, 4) is 0 Å². The first-order valence-corrected chi connectivity index (χ1v) is 11.5. The van der Waals surface area contributed by atoms with Gasteiger partial charge in [0.15, 0.2) is 23.4 Å². The number of nitrogens with one attached hydrogen (secondary N) is 1. The van der Waals surface area contributed by atoms with Crippen molar-refractivity contribution in [3.63, 3.8) is 0 Å². The number of fused-ring (bicyclic) bond motifs is 1. The third-order valence-corrected chi connectivity index (χ3v) is 7.55. The standard InChI is InChI=1S/C19H31N5O5P/c1-6-11(3)30(27)29-19(4,7-2)8-12-14(25)15(26)18(28-12)24-10-23-13-16(20-5)21-9-22-17(13)24/h9-12,14-15,18,25-26H,6-8H2,1-5H3,(H,20,21,22)/q+1/t11?,12-,14-,15-,18?,19+/m1/s1. The Hall–Kier alpha value is -1.71. The van der Waals surface area contributed by atoms with Crippen LogP contribution in [-0.4, -0.2) is 66.4 Å². The lowest BCUT2D eigenvalue weighted by Gasteiger charge is -2.27. The van der Waals surface area contributed by atoms with Crippen LogP contribution in [0.5, 0.6) is 0 Å². The molecule has 3 rings (SSSR count). The molecule has 0 spiro atoms. The summed E-state index contributed by atoms with van der Waals surface area (Å²) in [6.07, 6.45) is 0.677. The van der Waals surface area contributed by atoms with Crippen molar-refractivity contribution >= 4 is 25.0 Å². The number of rotatable bonds is 9. The summed E-state index contributed by atoms with van der Waals surface area (Å²) in [6, 6.07) is 0. The van der Waals surface area contributed by atoms with Crippen LogP contribution in [0, 0.1) is 0 Å². The fourth-order valence-electron chi connectivity index (χ4n) is 3.48. The van der Waals surface area contributed by atoms with Crippen LogP contribution in [0.4, 0.5) is 5.82 Å². The zero-order chi connectivity index (χ0) is 22.1. The average Bonchev–Trinajstić information content (AvgIpc) is 3.29. The van der Waals surface area contributed by atoms with E-state index in [0.717, 1.165) is 6.42 Å². The molecule has 2 aromatic rings. The van der Waals surface area contributed by atoms with E-state index >= 15 is 0 Å². The van der Waals surface area contributed by atoms with E-state index < -0.39 is 38.2 Å². The predicted molar refractivity (Wildman–Crippen MR) is 113 cm³/mol. The van der Waals surface area contributed by atoms with Gasteiger partial charge < -0.3 is 20.3 Å². The highest BCUT2D eigenvalue weighted by atomic mass is 31.1. The van der Waals surface area contributed by atoms with Crippen molar-refractivity contribution in [2.24, 2.45) is 0 Å². The molecule has 1 aliphatic rings. The topological polar surface area (TPSA) is 132 Å². The summed E-state index contributed by atoms with van der Waals surface area (Å²) >= 11 is 0. The van der Waals surface area contributed by atoms with Gasteiger partial charge in [-0.05, 0) is 31.3 Å². The summed E-state index contributed by atoms with van der Waals surface area (Å²) in [6.45, 7) is 7.65. The Morgan fingerprint density at radius 3 is 2.70 bits per heavy atom. The SMILES string of the molecule is CCC(C)[P+](=O)O[C@@](C)(CC)C[C@H]1OC(n2cnc3c(NC)ncnc32)[C@H](O)[C@@H]1O. The average molecular weight is 440 g/mol. The van der Waals surface area contributed by atoms with Crippen molar-refractivity contribution in [1.82, 2.24) is 19.5 Å². The molecule has 11 heteroatoms. The summed E-state index contributed by atoms with van der Waals surface area (Å²) in [5.74, 6) is 0.559. The Morgan fingerprint density at radius 1 is 1.33 bits per heavy atom. The Balaban J connectivity index is 1.81. The summed E-state index contributed by atoms with van der Waals surface area (Å²) < 4.78 is 26.0. The lowest BCUT2D eigenvalue weighted by atomic mass is 9.93. The summed E-state index contributed by atoms with van der Waals surface area (Å²) in [4.78, 5) is 12.7. The zero-order valence-corrected chi connectivity index (χ0v) is 18.9. The van der Waals surface area contributed by atoms with Crippen LogP contribution in [0.1, 0.15) is 53.2 Å². The quantitative estimate of drug-likeness (QED) is 0.503. The molecule has 166 valence electrons. The highest BCUT2D eigenvalue weighted by molar-refractivity contribution is 7.40. The number of anilines is 1. The Bertz CT molecular complexity index is 895. The molecule has 0 radical (unpaired) electrons. The Kier molecular flexibility index (Phi) is 7.04. The van der Waals surface area contributed by atoms with Gasteiger partial charge in [0.05, 0.1) is 12.4 Å². The van der Waals surface area contributed by atoms with Crippen LogP contribution in [0.3, 0.4) is 0 Å². The van der Waals surface area contributed by atoms with Crippen LogP contribution in [-0.2, 0) is 13.8 Å². The smallest absolute Gasteiger partial charge is 0.388 e. The molecule has 0 bridgehead atoms. The maximum Gasteiger partial charge on any atom is 0.511 e. The highest BCUT2D eigenvalue weighted by Crippen LogP contribution is 2.43. The summed E-state index contributed by atoms with van der Waals surface area (Å²) in [5, 5.41) is 24.3. The fraction of sp³-hybridized carbons (Fsp3) is 0.737. The number of aliphatic hydroxyl groups excluding tert-OH is 2. The van der Waals surface area contributed by atoms with Gasteiger partial charge in [-0.2, -0.15) is 0 Å². The maximum absolute atomic E-state index is 12.5. The molecule has 0 saturated carbocycles. The Labute approximate surface area is 176 Å². The normalized spacial score (nSPS) is 27.8. The van der Waals surface area contributed by atoms with Crippen molar-refractivity contribution in [3.05, 3.63) is 12.7 Å². The van der Waals surface area contributed by atoms with E-state index in [1.54, 1.807) is 11.6 Å². The first-order valence-electron chi connectivity index (χ1n) is 10.3. The molecule has 30 heavy (non-hydrogen) atoms. The van der Waals surface area contributed by atoms with Gasteiger partial charge in [-0.15, -0.1) is 4.52 Å². The van der Waals surface area contributed by atoms with E-state index in [4.69, 9.17) is 9.26 Å². The molecule has 0 aromatic carbocycles. The zero-order valence-electron chi connectivity index (χ0n) is 18.0. The molecule has 1 aliphatic heterocycles. The third kappa shape index (κ3) is 4.33. The van der Waals surface area contributed by atoms with Crippen molar-refractivity contribution in [2.75, 3.05) is 12.4 Å². The third-order valence-electron chi connectivity index (χ3n) is 5.85. The van der Waals surface area contributed by atoms with Crippen molar-refractivity contribution in [2.45, 2.75) is 82.8 Å². The monoisotopic (exact) mass is 440 g/mol. The molecule has 1 fully saturated rings. The molecule has 7 atom stereocenters. The number of ether oxygens (including phenoxy) is 1. The minimum absolute atomic E-state index is 0.0583. The van der Waals surface area contributed by atoms with E-state index in [1.807, 2.05) is 27.7 Å². The highest BCUT2D eigenvalue weighted by Gasteiger charge is 2.49. The predicted octanol–water partition coefficient (Wildman–Crippen LogP) is 2.60. The van der Waals surface area contributed by atoms with E-state index in [9.17, 15) is 14.8 Å². The maximum atomic E-state index is 12.5. The fourth-order valence-corrected chi connectivity index (χ4v) is 4.59. The molecular formula is C19H31N5O5P+. The van der Waals surface area contributed by atoms with Gasteiger partial charge in [0.25, 0.3) is 0 Å². The Morgan fingerprint density at radius 2 is 2.07 bits per heavy atom. The van der Waals surface area contributed by atoms with Gasteiger partial charge in [0.2, 0.25) is 0 Å². The van der Waals surface area contributed by atoms with Crippen molar-refractivity contribution in [1.29, 1.82) is 0 Å². The number of aliphatic hydroxyl groups is 2. The number of nitrogens with zero attached hydrogens (tertiary/aromatic N) is 4. The molecule has 2 aromatic heterocycles. The van der Waals surface area contributed by atoms with Gasteiger partial charge >= 0.3 is 8.03 Å². The molecule has 0 amide bonds. The molecule has 3 heterocycles. The molecule has 1 saturated heterocycles. The van der Waals surface area contributed by atoms with Crippen LogP contribution in [0.25, 0.3) is 11.2 Å². The minimum Gasteiger partial charge on any atom is -0.388 e. The first-order chi connectivity index (χ1) is 14.2. The lowest BCUT2D eigenvalue weighted by Crippen LogP contribution is -2.38. The molecule has 3 N–H and O–H groups in total. The second kappa shape index (κ2) is 9.20. The van der Waals surface area contributed by atoms with Gasteiger partial charge in [0, 0.05) is 13.5 Å². The van der Waals surface area contributed by atoms with Crippen LogP contribution in [0.2, 0.25) is 0 Å². The second-order valence-corrected chi connectivity index (χ2v) is 9.62. The van der Waals surface area contributed by atoms with Gasteiger partial charge in [0.1, 0.15) is 29.7 Å². The van der Waals surface area contributed by atoms with Gasteiger partial charge in [-0.1, -0.05) is 13.8 Å². The molecular weight excluding hydrogens is 409 g/mol. The number of hydrogen-bond donors (Lipinski definition) is 3. The minimum atomic E-state index is -1.85. The van der Waals surface area contributed by atoms with Crippen LogP contribution in [0.15, 0.2) is 12.7 Å². The van der Waals surface area contributed by atoms with E-state index in [1.165, 1.54) is 12.7 Å². The number of imidazole rings is 1. The molecule has 10 nitrogen and oxygen atoms in total. The van der Waals surface area contributed by atoms with E-state index in [0.29, 0.717) is 29.8 Å². The van der Waals surface area contributed by atoms with Crippen LogP contribution >= 0.6 is 8.03 Å². The largest absolute Gasteiger partial charge is 0.511 e. The second-order valence-electron chi connectivity index (χ2n) is 7.98. The van der Waals surface area contributed by atoms with Gasteiger partial charge in [-0.25, -0.2) is 15.0 Å². The molecule has 0 aliphatic carbocycles. The lowest BCUT2D eigenvalue weighted by molar-refractivity contribution is -0.0621. The van der Waals surface area contributed by atoms with E-state index in [2.05, 4.69) is 20.3 Å². The number of hydrogen-bond acceptors (Lipinski definition) is 9. The van der Waals surface area contributed by atoms with Crippen molar-refractivity contribution < 1.29 is 24.0 Å². The summed E-state index contributed by atoms with van der Waals surface area (Å²) in [7, 11) is -0.113. The summed E-state index contributed by atoms with van der Waals surface area (Å²) in [5.41, 5.74) is 0.217. The first kappa shape index (κ1) is 23.0. The molecule has 3 unspecified atom stereocenters.